The summed E-state index contributed by atoms with van der Waals surface area (Å²) in [5.41, 5.74) is 5.16. The van der Waals surface area contributed by atoms with E-state index in [1.54, 1.807) is 0 Å². The number of carboxylic acid groups (broad SMARTS) is 1. The molecule has 230 valence electrons. The van der Waals surface area contributed by atoms with Crippen molar-refractivity contribution in [3.05, 3.63) is 96.3 Å². The molecule has 3 aromatic rings. The Morgan fingerprint density at radius 2 is 1.68 bits per heavy atom. The number of anilines is 1. The van der Waals surface area contributed by atoms with Gasteiger partial charge in [0.15, 0.2) is 11.6 Å². The molecular formula is C37H40F3N2O2+. The maximum atomic E-state index is 16.5. The van der Waals surface area contributed by atoms with Crippen LogP contribution >= 0.6 is 0 Å². The van der Waals surface area contributed by atoms with Crippen LogP contribution in [0.2, 0.25) is 0 Å². The van der Waals surface area contributed by atoms with E-state index < -0.39 is 40.0 Å². The number of carbonyl (C=O) groups is 1. The Kier molecular flexibility index (Phi) is 6.25. The Bertz CT molecular complexity index is 1950. The average molecular weight is 602 g/mol. The van der Waals surface area contributed by atoms with Crippen molar-refractivity contribution < 1.29 is 23.1 Å². The highest BCUT2D eigenvalue weighted by Crippen LogP contribution is 2.50. The van der Waals surface area contributed by atoms with Gasteiger partial charge in [-0.1, -0.05) is 20.8 Å². The van der Waals surface area contributed by atoms with E-state index in [1.165, 1.54) is 17.8 Å². The van der Waals surface area contributed by atoms with E-state index in [0.717, 1.165) is 78.4 Å². The zero-order chi connectivity index (χ0) is 31.6. The normalized spacial score (nSPS) is 21.0. The summed E-state index contributed by atoms with van der Waals surface area (Å²) < 4.78 is 49.5. The van der Waals surface area contributed by atoms with Crippen LogP contribution in [-0.2, 0) is 18.3 Å². The molecular weight excluding hydrogens is 561 g/mol. The molecule has 0 saturated heterocycles. The van der Waals surface area contributed by atoms with E-state index in [0.29, 0.717) is 11.1 Å². The topological polar surface area (TPSA) is 43.5 Å². The average Bonchev–Trinajstić information content (AvgIpc) is 2.96. The molecule has 3 aliphatic heterocycles. The van der Waals surface area contributed by atoms with E-state index in [2.05, 4.69) is 69.3 Å². The van der Waals surface area contributed by atoms with Crippen molar-refractivity contribution in [2.24, 2.45) is 0 Å². The lowest BCUT2D eigenvalue weighted by atomic mass is 9.64. The highest BCUT2D eigenvalue weighted by Gasteiger charge is 2.43. The van der Waals surface area contributed by atoms with E-state index >= 15 is 8.78 Å². The predicted molar refractivity (Wildman–Crippen MR) is 167 cm³/mol. The molecule has 0 spiro atoms. The number of benzene rings is 3. The number of halogens is 3. The van der Waals surface area contributed by atoms with Crippen molar-refractivity contribution in [3.63, 3.8) is 0 Å². The molecule has 0 fully saturated rings. The first-order valence-corrected chi connectivity index (χ1v) is 15.8. The summed E-state index contributed by atoms with van der Waals surface area (Å²) in [7, 11) is 2.10. The number of carboxylic acids is 1. The number of aryl methyl sites for hydroxylation is 1. The van der Waals surface area contributed by atoms with Crippen molar-refractivity contribution in [2.75, 3.05) is 25.0 Å². The number of rotatable bonds is 2. The Labute approximate surface area is 256 Å². The zero-order valence-electron chi connectivity index (χ0n) is 26.6. The van der Waals surface area contributed by atoms with Gasteiger partial charge in [-0.15, -0.1) is 0 Å². The van der Waals surface area contributed by atoms with Gasteiger partial charge in [-0.3, -0.25) is 0 Å². The van der Waals surface area contributed by atoms with Crippen LogP contribution in [0.1, 0.15) is 115 Å². The molecule has 1 aliphatic carbocycles. The van der Waals surface area contributed by atoms with Gasteiger partial charge in [-0.05, 0) is 91.6 Å². The lowest BCUT2D eigenvalue weighted by molar-refractivity contribution is 0.0689. The van der Waals surface area contributed by atoms with Crippen LogP contribution in [0.15, 0.2) is 18.2 Å². The maximum absolute atomic E-state index is 16.5. The van der Waals surface area contributed by atoms with Gasteiger partial charge in [0.25, 0.3) is 0 Å². The minimum absolute atomic E-state index is 0.0880. The molecule has 0 bridgehead atoms. The molecule has 44 heavy (non-hydrogen) atoms. The second kappa shape index (κ2) is 9.45. The van der Waals surface area contributed by atoms with Crippen molar-refractivity contribution in [1.82, 2.24) is 4.58 Å². The fourth-order valence-electron chi connectivity index (χ4n) is 8.87. The Balaban J connectivity index is 1.74. The Morgan fingerprint density at radius 1 is 1.00 bits per heavy atom. The van der Waals surface area contributed by atoms with Gasteiger partial charge in [0.2, 0.25) is 5.36 Å². The second-order valence-corrected chi connectivity index (χ2v) is 14.5. The first-order valence-electron chi connectivity index (χ1n) is 15.8. The molecule has 1 unspecified atom stereocenters. The van der Waals surface area contributed by atoms with Crippen molar-refractivity contribution >= 4 is 17.2 Å². The molecule has 0 aromatic heterocycles. The van der Waals surface area contributed by atoms with Gasteiger partial charge in [-0.2, -0.15) is 0 Å². The van der Waals surface area contributed by atoms with E-state index in [1.807, 2.05) is 0 Å². The summed E-state index contributed by atoms with van der Waals surface area (Å²) in [6, 6.07) is 6.38. The fraction of sp³-hybridized carbons (Fsp3) is 0.459. The summed E-state index contributed by atoms with van der Waals surface area (Å²) in [5.74, 6) is -5.51. The smallest absolute Gasteiger partial charge is 0.339 e. The minimum Gasteiger partial charge on any atom is -0.478 e. The molecule has 4 nitrogen and oxygen atoms in total. The molecule has 7 heteroatoms. The van der Waals surface area contributed by atoms with Crippen molar-refractivity contribution in [3.8, 4) is 0 Å². The SMILES string of the molecule is Cc1c(F)c(F)c(C(=O)O)c(C2=c3cc4c5c(c3C(C)(C)c3cc6c(cc32)C(C)CC(C)(C)N6C)CCC[N+]=5CCC4)c1F. The molecule has 1 atom stereocenters. The third-order valence-electron chi connectivity index (χ3n) is 11.1. The lowest BCUT2D eigenvalue weighted by Gasteiger charge is -2.47. The van der Waals surface area contributed by atoms with Crippen LogP contribution < -0.4 is 20.1 Å². The largest absolute Gasteiger partial charge is 0.478 e. The molecule has 1 N–H and O–H groups in total. The Hall–Kier alpha value is -3.61. The molecule has 0 amide bonds. The summed E-state index contributed by atoms with van der Waals surface area (Å²) in [4.78, 5) is 15.0. The highest BCUT2D eigenvalue weighted by molar-refractivity contribution is 5.99. The zero-order valence-corrected chi connectivity index (χ0v) is 26.6. The summed E-state index contributed by atoms with van der Waals surface area (Å²) >= 11 is 0. The van der Waals surface area contributed by atoms with Crippen molar-refractivity contribution in [2.45, 2.75) is 90.5 Å². The van der Waals surface area contributed by atoms with Crippen LogP contribution in [0.5, 0.6) is 0 Å². The van der Waals surface area contributed by atoms with E-state index in [-0.39, 0.29) is 17.0 Å². The molecule has 7 rings (SSSR count). The molecule has 4 aliphatic rings. The number of nitrogens with zero attached hydrogens (tertiary/aromatic N) is 2. The van der Waals surface area contributed by atoms with Gasteiger partial charge < -0.3 is 10.0 Å². The standard InChI is InChI=1S/C37H39F3N2O2/c1-18-17-36(3,4)41(7)26-16-25-23(15-22(18)26)27(28-29(35(43)44)33(40)32(39)19(2)31(28)38)24-14-20-10-8-12-42-13-9-11-21(34(20)42)30(24)37(25,5)6/h14-16,18H,8-13,17H2,1-7H3/p+1. The van der Waals surface area contributed by atoms with E-state index in [9.17, 15) is 14.3 Å². The first kappa shape index (κ1) is 29.1. The Morgan fingerprint density at radius 3 is 2.36 bits per heavy atom. The molecule has 3 aromatic carbocycles. The predicted octanol–water partition coefficient (Wildman–Crippen LogP) is 6.10. The summed E-state index contributed by atoms with van der Waals surface area (Å²) in [6.45, 7) is 14.2. The van der Waals surface area contributed by atoms with Crippen LogP contribution in [0.4, 0.5) is 18.9 Å². The first-order chi connectivity index (χ1) is 20.7. The minimum atomic E-state index is -1.69. The van der Waals surface area contributed by atoms with Crippen LogP contribution in [0.25, 0.3) is 5.57 Å². The van der Waals surface area contributed by atoms with Crippen LogP contribution in [-0.4, -0.2) is 36.8 Å². The fourth-order valence-corrected chi connectivity index (χ4v) is 8.87. The van der Waals surface area contributed by atoms with Gasteiger partial charge in [0.05, 0.1) is 0 Å². The molecule has 0 radical (unpaired) electrons. The van der Waals surface area contributed by atoms with Crippen LogP contribution in [0, 0.1) is 24.4 Å². The monoisotopic (exact) mass is 601 g/mol. The quantitative estimate of drug-likeness (QED) is 0.285. The maximum Gasteiger partial charge on any atom is 0.339 e. The number of hydrogen-bond donors (Lipinski definition) is 1. The second-order valence-electron chi connectivity index (χ2n) is 14.5. The van der Waals surface area contributed by atoms with Gasteiger partial charge >= 0.3 is 5.97 Å². The van der Waals surface area contributed by atoms with Crippen molar-refractivity contribution in [1.29, 1.82) is 0 Å². The summed E-state index contributed by atoms with van der Waals surface area (Å²) in [6.07, 6.45) is 4.59. The number of hydrogen-bond acceptors (Lipinski definition) is 2. The van der Waals surface area contributed by atoms with Gasteiger partial charge in [0.1, 0.15) is 24.5 Å². The van der Waals surface area contributed by atoms with Crippen LogP contribution in [0.3, 0.4) is 0 Å². The highest BCUT2D eigenvalue weighted by atomic mass is 19.2. The third-order valence-corrected chi connectivity index (χ3v) is 11.1. The van der Waals surface area contributed by atoms with E-state index in [4.69, 9.17) is 0 Å². The number of aromatic carboxylic acids is 1. The molecule has 3 heterocycles. The lowest BCUT2D eigenvalue weighted by Crippen LogP contribution is -2.49. The van der Waals surface area contributed by atoms with Gasteiger partial charge in [-0.25, -0.2) is 22.5 Å². The third kappa shape index (κ3) is 3.77. The van der Waals surface area contributed by atoms with Gasteiger partial charge in [0, 0.05) is 64.4 Å². The molecule has 0 saturated carbocycles. The number of fused-ring (bicyclic) bond motifs is 4. The summed E-state index contributed by atoms with van der Waals surface area (Å²) in [5, 5.41) is 12.3.